The third kappa shape index (κ3) is 2.65. The molecule has 4 heterocycles. The van der Waals surface area contributed by atoms with Gasteiger partial charge in [-0.3, -0.25) is 5.10 Å². The van der Waals surface area contributed by atoms with E-state index in [9.17, 15) is 8.78 Å². The first kappa shape index (κ1) is 18.0. The van der Waals surface area contributed by atoms with Crippen molar-refractivity contribution in [2.24, 2.45) is 0 Å². The Hall–Kier alpha value is -4.08. The summed E-state index contributed by atoms with van der Waals surface area (Å²) in [5.74, 6) is -2.34. The number of benzene rings is 1. The van der Waals surface area contributed by atoms with Crippen LogP contribution >= 0.6 is 0 Å². The summed E-state index contributed by atoms with van der Waals surface area (Å²) in [4.78, 5) is 12.7. The summed E-state index contributed by atoms with van der Waals surface area (Å²) in [5.41, 5.74) is 2.11. The minimum atomic E-state index is -0.916. The van der Waals surface area contributed by atoms with Crippen molar-refractivity contribution >= 4 is 16.7 Å². The van der Waals surface area contributed by atoms with Crippen LogP contribution in [-0.4, -0.2) is 43.8 Å². The van der Waals surface area contributed by atoms with E-state index in [4.69, 9.17) is 9.47 Å². The van der Waals surface area contributed by atoms with E-state index in [-0.39, 0.29) is 17.3 Å². The number of nitrogens with one attached hydrogen (secondary N) is 1. The monoisotopic (exact) mass is 408 g/mol. The molecule has 30 heavy (non-hydrogen) atoms. The van der Waals surface area contributed by atoms with Gasteiger partial charge in [0.2, 0.25) is 0 Å². The molecule has 10 heteroatoms. The van der Waals surface area contributed by atoms with Crippen molar-refractivity contribution in [3.05, 3.63) is 54.6 Å². The number of fused-ring (bicyclic) bond motifs is 2. The van der Waals surface area contributed by atoms with Gasteiger partial charge in [-0.25, -0.2) is 23.7 Å². The van der Waals surface area contributed by atoms with E-state index < -0.39 is 17.2 Å². The summed E-state index contributed by atoms with van der Waals surface area (Å²) in [7, 11) is 2.56. The predicted molar refractivity (Wildman–Crippen MR) is 104 cm³/mol. The number of H-pyrrole nitrogens is 1. The van der Waals surface area contributed by atoms with E-state index >= 15 is 0 Å². The van der Waals surface area contributed by atoms with Crippen LogP contribution in [0.3, 0.4) is 0 Å². The predicted octanol–water partition coefficient (Wildman–Crippen LogP) is 3.63. The van der Waals surface area contributed by atoms with E-state index in [1.807, 2.05) is 28.9 Å². The number of rotatable bonds is 4. The van der Waals surface area contributed by atoms with Crippen LogP contribution in [0, 0.1) is 11.6 Å². The summed E-state index contributed by atoms with van der Waals surface area (Å²) in [6.07, 6.45) is 6.87. The fourth-order valence-corrected chi connectivity index (χ4v) is 3.29. The molecule has 0 unspecified atom stereocenters. The van der Waals surface area contributed by atoms with Gasteiger partial charge in [-0.2, -0.15) is 5.10 Å². The smallest absolute Gasteiger partial charge is 0.179 e. The maximum absolute atomic E-state index is 14.8. The van der Waals surface area contributed by atoms with Crippen molar-refractivity contribution in [3.63, 3.8) is 0 Å². The maximum atomic E-state index is 14.8. The van der Waals surface area contributed by atoms with Gasteiger partial charge >= 0.3 is 0 Å². The quantitative estimate of drug-likeness (QED) is 0.488. The van der Waals surface area contributed by atoms with Crippen molar-refractivity contribution in [2.75, 3.05) is 14.2 Å². The molecule has 0 saturated carbocycles. The highest BCUT2D eigenvalue weighted by atomic mass is 19.1. The van der Waals surface area contributed by atoms with Crippen molar-refractivity contribution in [2.45, 2.75) is 0 Å². The molecule has 0 aliphatic heterocycles. The number of halogens is 2. The molecule has 0 aliphatic carbocycles. The van der Waals surface area contributed by atoms with Gasteiger partial charge in [0.15, 0.2) is 34.6 Å². The van der Waals surface area contributed by atoms with Crippen molar-refractivity contribution in [1.82, 2.24) is 29.5 Å². The van der Waals surface area contributed by atoms with Gasteiger partial charge in [0, 0.05) is 36.4 Å². The molecule has 0 radical (unpaired) electrons. The van der Waals surface area contributed by atoms with Gasteiger partial charge < -0.3 is 13.9 Å². The molecule has 1 N–H and O–H groups in total. The van der Waals surface area contributed by atoms with Gasteiger partial charge in [0.05, 0.1) is 25.2 Å². The highest BCUT2D eigenvalue weighted by Gasteiger charge is 2.24. The summed E-state index contributed by atoms with van der Waals surface area (Å²) >= 11 is 0. The summed E-state index contributed by atoms with van der Waals surface area (Å²) in [6, 6.07) is 4.86. The minimum Gasteiger partial charge on any atom is -0.494 e. The average molecular weight is 408 g/mol. The SMILES string of the molecule is COc1cc(OC)c(F)c(-c2ncc3c(-c4ccc5nccn5c4)n[nH]c3n2)c1F. The summed E-state index contributed by atoms with van der Waals surface area (Å²) in [5, 5.41) is 7.71. The lowest BCUT2D eigenvalue weighted by Crippen LogP contribution is -2.01. The van der Waals surface area contributed by atoms with Gasteiger partial charge in [-0.1, -0.05) is 0 Å². The molecule has 150 valence electrons. The molecule has 5 rings (SSSR count). The van der Waals surface area contributed by atoms with E-state index in [0.717, 1.165) is 17.3 Å². The molecule has 0 aliphatic rings. The number of hydrogen-bond donors (Lipinski definition) is 1. The zero-order valence-corrected chi connectivity index (χ0v) is 15.8. The standard InChI is InChI=1S/C20H14F2N6O2/c1-29-12-7-13(30-2)17(22)15(16(12)21)20-24-8-11-18(26-27-19(11)25-20)10-3-4-14-23-5-6-28(14)9-10/h3-9H,1-2H3,(H,24,25,26,27). The van der Waals surface area contributed by atoms with Gasteiger partial charge in [0.25, 0.3) is 0 Å². The number of aromatic nitrogens is 6. The molecule has 0 atom stereocenters. The van der Waals surface area contributed by atoms with Crippen LogP contribution in [0.5, 0.6) is 11.5 Å². The highest BCUT2D eigenvalue weighted by molar-refractivity contribution is 5.91. The first-order chi connectivity index (χ1) is 14.6. The topological polar surface area (TPSA) is 90.2 Å². The number of nitrogens with zero attached hydrogens (tertiary/aromatic N) is 5. The molecule has 0 bridgehead atoms. The maximum Gasteiger partial charge on any atom is 0.179 e. The number of aromatic amines is 1. The number of methoxy groups -OCH3 is 2. The zero-order chi connectivity index (χ0) is 20.8. The molecule has 0 fully saturated rings. The molecule has 0 amide bonds. The fraction of sp³-hybridized carbons (Fsp3) is 0.100. The Kier molecular flexibility index (Phi) is 4.05. The second kappa shape index (κ2) is 6.76. The summed E-state index contributed by atoms with van der Waals surface area (Å²) < 4.78 is 41.4. The van der Waals surface area contributed by atoms with Crippen LogP contribution in [0.1, 0.15) is 0 Å². The minimum absolute atomic E-state index is 0.157. The number of pyridine rings is 1. The third-order valence-electron chi connectivity index (χ3n) is 4.78. The van der Waals surface area contributed by atoms with Crippen LogP contribution in [0.4, 0.5) is 8.78 Å². The lowest BCUT2D eigenvalue weighted by molar-refractivity contribution is 0.359. The lowest BCUT2D eigenvalue weighted by Gasteiger charge is -2.11. The molecule has 1 aromatic carbocycles. The first-order valence-corrected chi connectivity index (χ1v) is 8.85. The number of imidazole rings is 1. The molecule has 4 aromatic heterocycles. The Balaban J connectivity index is 1.66. The Morgan fingerprint density at radius 1 is 1.03 bits per heavy atom. The third-order valence-corrected chi connectivity index (χ3v) is 4.78. The van der Waals surface area contributed by atoms with Crippen molar-refractivity contribution in [3.8, 4) is 34.1 Å². The summed E-state index contributed by atoms with van der Waals surface area (Å²) in [6.45, 7) is 0. The average Bonchev–Trinajstić information content (AvgIpc) is 3.40. The fourth-order valence-electron chi connectivity index (χ4n) is 3.29. The van der Waals surface area contributed by atoms with E-state index in [2.05, 4.69) is 25.1 Å². The van der Waals surface area contributed by atoms with Crippen LogP contribution in [0.25, 0.3) is 39.3 Å². The van der Waals surface area contributed by atoms with Gasteiger partial charge in [-0.15, -0.1) is 0 Å². The van der Waals surface area contributed by atoms with E-state index in [0.29, 0.717) is 16.7 Å². The van der Waals surface area contributed by atoms with Gasteiger partial charge in [0.1, 0.15) is 11.3 Å². The van der Waals surface area contributed by atoms with Crippen molar-refractivity contribution in [1.29, 1.82) is 0 Å². The Morgan fingerprint density at radius 3 is 2.53 bits per heavy atom. The van der Waals surface area contributed by atoms with Crippen LogP contribution in [0.15, 0.2) is 43.0 Å². The van der Waals surface area contributed by atoms with Crippen LogP contribution in [-0.2, 0) is 0 Å². The molecular weight excluding hydrogens is 394 g/mol. The Morgan fingerprint density at radius 2 is 1.80 bits per heavy atom. The molecule has 5 aromatic rings. The second-order valence-electron chi connectivity index (χ2n) is 6.42. The van der Waals surface area contributed by atoms with Gasteiger partial charge in [-0.05, 0) is 12.1 Å². The molecular formula is C20H14F2N6O2. The van der Waals surface area contributed by atoms with Crippen molar-refractivity contribution < 1.29 is 18.3 Å². The molecule has 0 saturated heterocycles. The van der Waals surface area contributed by atoms with E-state index in [1.54, 1.807) is 6.20 Å². The highest BCUT2D eigenvalue weighted by Crippen LogP contribution is 2.37. The largest absolute Gasteiger partial charge is 0.494 e. The zero-order valence-electron chi connectivity index (χ0n) is 15.8. The molecule has 0 spiro atoms. The van der Waals surface area contributed by atoms with E-state index in [1.165, 1.54) is 20.4 Å². The normalized spacial score (nSPS) is 11.3. The Labute approximate surface area is 168 Å². The van der Waals surface area contributed by atoms with Crippen LogP contribution in [0.2, 0.25) is 0 Å². The molecule has 8 nitrogen and oxygen atoms in total. The van der Waals surface area contributed by atoms with Crippen LogP contribution < -0.4 is 9.47 Å². The lowest BCUT2D eigenvalue weighted by atomic mass is 10.1. The number of hydrogen-bond acceptors (Lipinski definition) is 6. The first-order valence-electron chi connectivity index (χ1n) is 8.85. The Bertz CT molecular complexity index is 1380. The second-order valence-corrected chi connectivity index (χ2v) is 6.42. The number of ether oxygens (including phenoxy) is 2.